The average Bonchev–Trinajstić information content (AvgIpc) is 2.34. The summed E-state index contributed by atoms with van der Waals surface area (Å²) < 4.78 is 0. The third-order valence-electron chi connectivity index (χ3n) is 3.22. The van der Waals surface area contributed by atoms with Crippen LogP contribution in [0.1, 0.15) is 38.9 Å². The first kappa shape index (κ1) is 16.3. The lowest BCUT2D eigenvalue weighted by Gasteiger charge is -2.22. The van der Waals surface area contributed by atoms with E-state index < -0.39 is 11.5 Å². The molecule has 0 aliphatic heterocycles. The average molecular weight is 304 g/mol. The van der Waals surface area contributed by atoms with Gasteiger partial charge in [0.15, 0.2) is 0 Å². The molecule has 0 saturated carbocycles. The molecule has 1 amide bonds. The maximum atomic E-state index is 11.9. The molecule has 0 aliphatic rings. The fourth-order valence-electron chi connectivity index (χ4n) is 1.47. The van der Waals surface area contributed by atoms with E-state index in [0.29, 0.717) is 15.6 Å². The van der Waals surface area contributed by atoms with Gasteiger partial charge in [-0.25, -0.2) is 0 Å². The van der Waals surface area contributed by atoms with E-state index in [9.17, 15) is 9.90 Å². The fraction of sp³-hybridized carbons (Fsp3) is 0.500. The highest BCUT2D eigenvalue weighted by Crippen LogP contribution is 2.24. The van der Waals surface area contributed by atoms with E-state index in [1.54, 1.807) is 18.2 Å². The largest absolute Gasteiger partial charge is 0.387 e. The normalized spacial score (nSPS) is 13.2. The van der Waals surface area contributed by atoms with Crippen LogP contribution in [-0.2, 0) is 4.79 Å². The van der Waals surface area contributed by atoms with Crippen molar-refractivity contribution in [1.82, 2.24) is 5.32 Å². The van der Waals surface area contributed by atoms with E-state index in [0.717, 1.165) is 6.42 Å². The fourth-order valence-corrected chi connectivity index (χ4v) is 2.02. The number of nitrogens with one attached hydrogen (secondary N) is 1. The van der Waals surface area contributed by atoms with Crippen LogP contribution in [0.2, 0.25) is 10.0 Å². The maximum absolute atomic E-state index is 11.9. The van der Waals surface area contributed by atoms with E-state index in [1.807, 2.05) is 20.8 Å². The van der Waals surface area contributed by atoms with Crippen LogP contribution in [-0.4, -0.2) is 17.6 Å². The maximum Gasteiger partial charge on any atom is 0.225 e. The van der Waals surface area contributed by atoms with Crippen LogP contribution in [0.3, 0.4) is 0 Å². The first-order valence-corrected chi connectivity index (χ1v) is 6.94. The number of aliphatic hydroxyl groups excluding tert-OH is 1. The zero-order chi connectivity index (χ0) is 14.6. The van der Waals surface area contributed by atoms with Crippen molar-refractivity contribution in [3.05, 3.63) is 33.8 Å². The van der Waals surface area contributed by atoms with Crippen LogP contribution in [0, 0.1) is 5.41 Å². The molecular weight excluding hydrogens is 285 g/mol. The van der Waals surface area contributed by atoms with Crippen molar-refractivity contribution in [2.24, 2.45) is 5.41 Å². The van der Waals surface area contributed by atoms with Crippen LogP contribution in [0.25, 0.3) is 0 Å². The molecule has 1 aromatic rings. The molecule has 0 fully saturated rings. The Bertz CT molecular complexity index is 441. The molecule has 0 saturated heterocycles. The van der Waals surface area contributed by atoms with Crippen molar-refractivity contribution in [3.8, 4) is 0 Å². The van der Waals surface area contributed by atoms with Crippen molar-refractivity contribution in [3.63, 3.8) is 0 Å². The number of aliphatic hydroxyl groups is 1. The number of amides is 1. The monoisotopic (exact) mass is 303 g/mol. The lowest BCUT2D eigenvalue weighted by atomic mass is 9.89. The Morgan fingerprint density at radius 1 is 1.32 bits per heavy atom. The molecule has 0 aliphatic carbocycles. The molecule has 2 N–H and O–H groups in total. The molecule has 0 aromatic heterocycles. The smallest absolute Gasteiger partial charge is 0.225 e. The minimum Gasteiger partial charge on any atom is -0.387 e. The van der Waals surface area contributed by atoms with E-state index in [1.165, 1.54) is 0 Å². The molecule has 0 heterocycles. The second-order valence-electron chi connectivity index (χ2n) is 5.17. The van der Waals surface area contributed by atoms with E-state index in [-0.39, 0.29) is 12.5 Å². The third kappa shape index (κ3) is 4.68. The minimum absolute atomic E-state index is 0.0813. The number of hydrogen-bond acceptors (Lipinski definition) is 2. The molecule has 106 valence electrons. The van der Waals surface area contributed by atoms with Gasteiger partial charge in [-0.05, 0) is 30.2 Å². The summed E-state index contributed by atoms with van der Waals surface area (Å²) in [7, 11) is 0. The molecule has 19 heavy (non-hydrogen) atoms. The van der Waals surface area contributed by atoms with E-state index in [4.69, 9.17) is 23.2 Å². The Labute approximate surface area is 123 Å². The SMILES string of the molecule is CCC(C)(C)C(=O)NCC(O)c1cc(Cl)cc(Cl)c1. The van der Waals surface area contributed by atoms with Crippen molar-refractivity contribution in [1.29, 1.82) is 0 Å². The first-order chi connectivity index (χ1) is 8.76. The lowest BCUT2D eigenvalue weighted by Crippen LogP contribution is -2.38. The second-order valence-corrected chi connectivity index (χ2v) is 6.04. The van der Waals surface area contributed by atoms with Gasteiger partial charge < -0.3 is 10.4 Å². The highest BCUT2D eigenvalue weighted by Gasteiger charge is 2.25. The number of carbonyl (C=O) groups excluding carboxylic acids is 1. The Morgan fingerprint density at radius 2 is 1.84 bits per heavy atom. The van der Waals surface area contributed by atoms with Crippen LogP contribution in [0.5, 0.6) is 0 Å². The van der Waals surface area contributed by atoms with Gasteiger partial charge in [-0.2, -0.15) is 0 Å². The topological polar surface area (TPSA) is 49.3 Å². The molecule has 1 rings (SSSR count). The van der Waals surface area contributed by atoms with Gasteiger partial charge in [-0.3, -0.25) is 4.79 Å². The van der Waals surface area contributed by atoms with Gasteiger partial charge in [-0.15, -0.1) is 0 Å². The van der Waals surface area contributed by atoms with Gasteiger partial charge in [0.25, 0.3) is 0 Å². The van der Waals surface area contributed by atoms with Crippen molar-refractivity contribution in [2.75, 3.05) is 6.54 Å². The number of hydrogen-bond donors (Lipinski definition) is 2. The molecule has 0 bridgehead atoms. The van der Waals surface area contributed by atoms with Crippen molar-refractivity contribution >= 4 is 29.1 Å². The standard InChI is InChI=1S/C14H19Cl2NO2/c1-4-14(2,3)13(19)17-8-12(18)9-5-10(15)7-11(16)6-9/h5-7,12,18H,4,8H2,1-3H3,(H,17,19). The Kier molecular flexibility index (Phi) is 5.65. The summed E-state index contributed by atoms with van der Waals surface area (Å²) in [6, 6.07) is 4.86. The molecule has 1 atom stereocenters. The number of rotatable bonds is 5. The second kappa shape index (κ2) is 6.60. The van der Waals surface area contributed by atoms with Gasteiger partial charge in [-0.1, -0.05) is 44.0 Å². The molecule has 5 heteroatoms. The summed E-state index contributed by atoms with van der Waals surface area (Å²) in [6.07, 6.45) is -0.0921. The van der Waals surface area contributed by atoms with Crippen molar-refractivity contribution < 1.29 is 9.90 Å². The zero-order valence-electron chi connectivity index (χ0n) is 11.3. The predicted octanol–water partition coefficient (Wildman–Crippen LogP) is 3.58. The van der Waals surface area contributed by atoms with Gasteiger partial charge in [0.1, 0.15) is 0 Å². The molecular formula is C14H19Cl2NO2. The summed E-state index contributed by atoms with van der Waals surface area (Å²) in [6.45, 7) is 5.82. The van der Waals surface area contributed by atoms with Gasteiger partial charge in [0.05, 0.1) is 6.10 Å². The molecule has 0 spiro atoms. The van der Waals surface area contributed by atoms with Crippen LogP contribution < -0.4 is 5.32 Å². The minimum atomic E-state index is -0.826. The first-order valence-electron chi connectivity index (χ1n) is 6.18. The lowest BCUT2D eigenvalue weighted by molar-refractivity contribution is -0.130. The number of benzene rings is 1. The summed E-state index contributed by atoms with van der Waals surface area (Å²) in [5.41, 5.74) is 0.151. The summed E-state index contributed by atoms with van der Waals surface area (Å²) >= 11 is 11.7. The molecule has 1 aromatic carbocycles. The number of carbonyl (C=O) groups is 1. The highest BCUT2D eigenvalue weighted by atomic mass is 35.5. The Hall–Kier alpha value is -0.770. The zero-order valence-corrected chi connectivity index (χ0v) is 12.8. The van der Waals surface area contributed by atoms with Crippen molar-refractivity contribution in [2.45, 2.75) is 33.3 Å². The molecule has 3 nitrogen and oxygen atoms in total. The molecule has 1 unspecified atom stereocenters. The van der Waals surface area contributed by atoms with Crippen LogP contribution >= 0.6 is 23.2 Å². The Balaban J connectivity index is 2.65. The summed E-state index contributed by atoms with van der Waals surface area (Å²) in [4.78, 5) is 11.9. The van der Waals surface area contributed by atoms with Crippen LogP contribution in [0.4, 0.5) is 0 Å². The van der Waals surface area contributed by atoms with Crippen LogP contribution in [0.15, 0.2) is 18.2 Å². The van der Waals surface area contributed by atoms with Gasteiger partial charge >= 0.3 is 0 Å². The highest BCUT2D eigenvalue weighted by molar-refractivity contribution is 6.34. The third-order valence-corrected chi connectivity index (χ3v) is 3.66. The predicted molar refractivity (Wildman–Crippen MR) is 78.5 cm³/mol. The van der Waals surface area contributed by atoms with Gasteiger partial charge in [0, 0.05) is 22.0 Å². The summed E-state index contributed by atoms with van der Waals surface area (Å²) in [5.74, 6) is -0.0813. The Morgan fingerprint density at radius 3 is 2.32 bits per heavy atom. The molecule has 0 radical (unpaired) electrons. The number of halogens is 2. The van der Waals surface area contributed by atoms with E-state index >= 15 is 0 Å². The summed E-state index contributed by atoms with van der Waals surface area (Å²) in [5, 5.41) is 13.7. The van der Waals surface area contributed by atoms with Gasteiger partial charge in [0.2, 0.25) is 5.91 Å². The quantitative estimate of drug-likeness (QED) is 0.873. The van der Waals surface area contributed by atoms with E-state index in [2.05, 4.69) is 5.32 Å².